The van der Waals surface area contributed by atoms with E-state index in [0.29, 0.717) is 12.2 Å². The van der Waals surface area contributed by atoms with Gasteiger partial charge in [0, 0.05) is 18.5 Å². The second-order valence-electron chi connectivity index (χ2n) is 10.5. The zero-order chi connectivity index (χ0) is 33.3. The monoisotopic (exact) mass is 601 g/mol. The Morgan fingerprint density at radius 3 is 1.95 bits per heavy atom. The molecule has 2 fully saturated rings. The molecule has 0 aromatic rings. The van der Waals surface area contributed by atoms with Crippen LogP contribution in [0.3, 0.4) is 0 Å². The summed E-state index contributed by atoms with van der Waals surface area (Å²) in [5.41, 5.74) is 0. The molecule has 1 aliphatic heterocycles. The van der Waals surface area contributed by atoms with E-state index in [1.807, 2.05) is 48.6 Å². The Morgan fingerprint density at radius 2 is 1.60 bits per heavy atom. The molecule has 0 aromatic carbocycles. The van der Waals surface area contributed by atoms with Gasteiger partial charge in [-0.1, -0.05) is 80.4 Å². The van der Waals surface area contributed by atoms with Gasteiger partial charge in [0.25, 0.3) is 6.47 Å². The van der Waals surface area contributed by atoms with Crippen molar-refractivity contribution in [3.63, 3.8) is 0 Å². The minimum absolute atomic E-state index is 0.0335. The van der Waals surface area contributed by atoms with Gasteiger partial charge in [-0.25, -0.2) is 4.79 Å². The minimum atomic E-state index is -0.459. The number of unbranched alkanes of at least 4 members (excludes halogenated alkanes) is 3. The third-order valence-corrected chi connectivity index (χ3v) is 6.44. The van der Waals surface area contributed by atoms with Crippen molar-refractivity contribution in [1.82, 2.24) is 20.9 Å². The Labute approximate surface area is 259 Å². The van der Waals surface area contributed by atoms with Crippen molar-refractivity contribution < 1.29 is 24.3 Å². The molecule has 0 radical (unpaired) electrons. The van der Waals surface area contributed by atoms with Crippen molar-refractivity contribution in [3.05, 3.63) is 12.2 Å². The van der Waals surface area contributed by atoms with Gasteiger partial charge in [0.2, 0.25) is 0 Å². The molecule has 42 heavy (non-hydrogen) atoms. The van der Waals surface area contributed by atoms with Crippen LogP contribution in [0.4, 0.5) is 4.79 Å². The van der Waals surface area contributed by atoms with E-state index in [9.17, 15) is 14.4 Å². The van der Waals surface area contributed by atoms with Gasteiger partial charge in [-0.15, -0.1) is 0 Å². The highest BCUT2D eigenvalue weighted by atomic mass is 16.3. The number of aldehydes is 1. The lowest BCUT2D eigenvalue weighted by atomic mass is 9.97. The first kappa shape index (κ1) is 46.7. The van der Waals surface area contributed by atoms with Crippen molar-refractivity contribution in [1.29, 1.82) is 0 Å². The first-order valence-electron chi connectivity index (χ1n) is 16.2. The SMILES string of the molecule is CC.CC.CC(C)C(NC(=O)NCC=O)C(=O)C1CC1.CCCCC/C=C\C(C)CNC.C[C@@H]1CCCN1C.O=CO. The number of carbonyl (C=O) groups excluding carboxylic acids is 3. The number of rotatable bonds is 13. The van der Waals surface area contributed by atoms with Gasteiger partial charge in [-0.05, 0) is 77.9 Å². The molecule has 0 bridgehead atoms. The summed E-state index contributed by atoms with van der Waals surface area (Å²) >= 11 is 0. The molecule has 2 aliphatic rings. The highest BCUT2D eigenvalue weighted by molar-refractivity contribution is 5.92. The number of Topliss-reactive ketones (excluding diaryl/α,β-unsaturated/α-hetero) is 1. The van der Waals surface area contributed by atoms with Crippen LogP contribution in [0.25, 0.3) is 0 Å². The first-order valence-corrected chi connectivity index (χ1v) is 16.2. The average Bonchev–Trinajstić information content (AvgIpc) is 3.77. The molecular formula is C33H68N4O5. The van der Waals surface area contributed by atoms with Crippen LogP contribution in [0.1, 0.15) is 114 Å². The van der Waals surface area contributed by atoms with Crippen LogP contribution in [0, 0.1) is 17.8 Å². The van der Waals surface area contributed by atoms with Crippen LogP contribution in [-0.4, -0.2) is 80.4 Å². The van der Waals surface area contributed by atoms with Gasteiger partial charge < -0.3 is 30.8 Å². The van der Waals surface area contributed by atoms with E-state index in [4.69, 9.17) is 9.90 Å². The fraction of sp³-hybridized carbons (Fsp3) is 0.818. The molecule has 4 N–H and O–H groups in total. The molecular weight excluding hydrogens is 532 g/mol. The predicted molar refractivity (Wildman–Crippen MR) is 178 cm³/mol. The van der Waals surface area contributed by atoms with E-state index in [2.05, 4.69) is 60.8 Å². The van der Waals surface area contributed by atoms with E-state index < -0.39 is 12.1 Å². The number of carboxylic acid groups (broad SMARTS) is 1. The quantitative estimate of drug-likeness (QED) is 0.111. The van der Waals surface area contributed by atoms with Gasteiger partial charge in [0.1, 0.15) is 6.29 Å². The number of carbonyl (C=O) groups is 4. The molecule has 9 heteroatoms. The van der Waals surface area contributed by atoms with Crippen molar-refractivity contribution >= 4 is 24.6 Å². The molecule has 9 nitrogen and oxygen atoms in total. The van der Waals surface area contributed by atoms with Gasteiger partial charge >= 0.3 is 6.03 Å². The second kappa shape index (κ2) is 34.9. The smallest absolute Gasteiger partial charge is 0.315 e. The number of amides is 2. The molecule has 3 atom stereocenters. The van der Waals surface area contributed by atoms with Crippen molar-refractivity contribution in [2.45, 2.75) is 126 Å². The van der Waals surface area contributed by atoms with Crippen molar-refractivity contribution in [3.8, 4) is 0 Å². The lowest BCUT2D eigenvalue weighted by Crippen LogP contribution is -2.49. The maximum atomic E-state index is 11.8. The zero-order valence-corrected chi connectivity index (χ0v) is 29.0. The van der Waals surface area contributed by atoms with E-state index in [0.717, 1.165) is 25.4 Å². The van der Waals surface area contributed by atoms with E-state index in [1.54, 1.807) is 0 Å². The molecule has 1 heterocycles. The summed E-state index contributed by atoms with van der Waals surface area (Å²) in [4.78, 5) is 44.0. The number of urea groups is 1. The summed E-state index contributed by atoms with van der Waals surface area (Å²) in [5.74, 6) is 0.974. The van der Waals surface area contributed by atoms with E-state index in [1.165, 1.54) is 45.1 Å². The summed E-state index contributed by atoms with van der Waals surface area (Å²) in [7, 11) is 4.19. The molecule has 2 unspecified atom stereocenters. The third kappa shape index (κ3) is 30.7. The van der Waals surface area contributed by atoms with Gasteiger partial charge in [-0.3, -0.25) is 9.59 Å². The van der Waals surface area contributed by atoms with Crippen LogP contribution in [0.15, 0.2) is 12.2 Å². The lowest BCUT2D eigenvalue weighted by molar-refractivity contribution is -0.123. The highest BCUT2D eigenvalue weighted by Gasteiger charge is 2.36. The molecule has 1 aliphatic carbocycles. The topological polar surface area (TPSA) is 128 Å². The molecule has 1 saturated carbocycles. The van der Waals surface area contributed by atoms with Crippen molar-refractivity contribution in [2.75, 3.05) is 33.7 Å². The maximum absolute atomic E-state index is 11.8. The van der Waals surface area contributed by atoms with Gasteiger partial charge in [0.15, 0.2) is 5.78 Å². The minimum Gasteiger partial charge on any atom is -0.483 e. The third-order valence-electron chi connectivity index (χ3n) is 6.44. The number of likely N-dealkylation sites (tertiary alicyclic amines) is 1. The number of hydrogen-bond donors (Lipinski definition) is 4. The van der Waals surface area contributed by atoms with E-state index in [-0.39, 0.29) is 30.6 Å². The fourth-order valence-electron chi connectivity index (χ4n) is 3.82. The number of ketones is 1. The van der Waals surface area contributed by atoms with Crippen LogP contribution < -0.4 is 16.0 Å². The summed E-state index contributed by atoms with van der Waals surface area (Å²) in [5, 5.41) is 15.0. The van der Waals surface area contributed by atoms with Crippen LogP contribution in [-0.2, 0) is 14.4 Å². The first-order chi connectivity index (χ1) is 20.1. The van der Waals surface area contributed by atoms with Gasteiger partial charge in [-0.2, -0.15) is 0 Å². The summed E-state index contributed by atoms with van der Waals surface area (Å²) in [6.45, 7) is 20.7. The molecule has 2 rings (SSSR count). The summed E-state index contributed by atoms with van der Waals surface area (Å²) in [6.07, 6.45) is 15.2. The molecule has 2 amide bonds. The fourth-order valence-corrected chi connectivity index (χ4v) is 3.82. The normalized spacial score (nSPS) is 16.6. The highest BCUT2D eigenvalue weighted by Crippen LogP contribution is 2.32. The van der Waals surface area contributed by atoms with Crippen LogP contribution in [0.5, 0.6) is 0 Å². The maximum Gasteiger partial charge on any atom is 0.315 e. The van der Waals surface area contributed by atoms with Crippen molar-refractivity contribution in [2.24, 2.45) is 17.8 Å². The lowest BCUT2D eigenvalue weighted by Gasteiger charge is -2.20. The number of hydrogen-bond acceptors (Lipinski definition) is 6. The predicted octanol–water partition coefficient (Wildman–Crippen LogP) is 6.32. The standard InChI is InChI=1S/C11H18N2O3.C11H23N.C6H13N.2C2H6.CH2O2/c1-7(2)9(10(15)8-3-4-8)13-11(16)12-5-6-14;1-4-5-6-7-8-9-11(2)10-12-3;1-6-4-3-5-7(6)2;2*1-2;2-1-3/h6-9H,3-5H2,1-2H3,(H2,12,13,16);8-9,11-12H,4-7,10H2,1-3H3;6H,3-5H2,1-2H3;2*1-2H3;1H,(H,2,3)/b;9-8-;;;;/t;;6-;;;/m..1.../s1. The zero-order valence-electron chi connectivity index (χ0n) is 29.0. The summed E-state index contributed by atoms with van der Waals surface area (Å²) in [6, 6.07) is -0.0565. The van der Waals surface area contributed by atoms with Gasteiger partial charge in [0.05, 0.1) is 12.6 Å². The largest absolute Gasteiger partial charge is 0.483 e. The Balaban J connectivity index is -0.000000244. The second-order valence-corrected chi connectivity index (χ2v) is 10.5. The molecule has 0 spiro atoms. The van der Waals surface area contributed by atoms with Crippen LogP contribution in [0.2, 0.25) is 0 Å². The van der Waals surface area contributed by atoms with Crippen LogP contribution >= 0.6 is 0 Å². The Bertz CT molecular complexity index is 646. The Hall–Kier alpha value is -2.26. The number of nitrogens with one attached hydrogen (secondary N) is 3. The van der Waals surface area contributed by atoms with E-state index >= 15 is 0 Å². The molecule has 1 saturated heterocycles. The molecule has 0 aromatic heterocycles. The Morgan fingerprint density at radius 1 is 1.02 bits per heavy atom. The average molecular weight is 601 g/mol. The number of nitrogens with zero attached hydrogens (tertiary/aromatic N) is 1. The molecule has 250 valence electrons. The summed E-state index contributed by atoms with van der Waals surface area (Å²) < 4.78 is 0. The number of allylic oxidation sites excluding steroid dienone is 1. The Kier molecular flexibility index (Phi) is 38.8.